The van der Waals surface area contributed by atoms with Crippen LogP contribution >= 0.6 is 0 Å². The van der Waals surface area contributed by atoms with Gasteiger partial charge in [-0.2, -0.15) is 4.57 Å². The van der Waals surface area contributed by atoms with Crippen molar-refractivity contribution in [3.8, 4) is 0 Å². The molecule has 0 amide bonds. The van der Waals surface area contributed by atoms with E-state index in [1.54, 1.807) is 0 Å². The van der Waals surface area contributed by atoms with Gasteiger partial charge in [-0.05, 0) is 12.5 Å². The van der Waals surface area contributed by atoms with Crippen molar-refractivity contribution in [3.63, 3.8) is 0 Å². The van der Waals surface area contributed by atoms with Crippen LogP contribution in [-0.2, 0) is 6.54 Å². The van der Waals surface area contributed by atoms with Crippen molar-refractivity contribution >= 4 is 5.78 Å². The van der Waals surface area contributed by atoms with Crippen LogP contribution in [0.25, 0.3) is 0 Å². The molecule has 0 saturated heterocycles. The largest absolute Gasteiger partial charge is 1.00 e. The summed E-state index contributed by atoms with van der Waals surface area (Å²) in [6, 6.07) is 13.4. The van der Waals surface area contributed by atoms with Crippen LogP contribution in [0.2, 0.25) is 0 Å². The van der Waals surface area contributed by atoms with Gasteiger partial charge in [0.15, 0.2) is 12.4 Å². The second-order valence-electron chi connectivity index (χ2n) is 3.84. The Bertz CT molecular complexity index is 479. The standard InChI is InChI=1S/C14H14NO.ClH/c1-12-7-9-15(10-8-12)11-14(16)13-5-3-2-4-6-13;/h2-10H,11H2,1H3;1H/q+1;/p-1. The molecule has 1 aromatic carbocycles. The number of hydrogen-bond donors (Lipinski definition) is 0. The molecule has 0 unspecified atom stereocenters. The van der Waals surface area contributed by atoms with E-state index in [2.05, 4.69) is 0 Å². The van der Waals surface area contributed by atoms with Crippen LogP contribution in [0.4, 0.5) is 0 Å². The number of Topliss-reactive ketones (excluding diaryl/α,β-unsaturated/α-hetero) is 1. The van der Waals surface area contributed by atoms with Crippen molar-refractivity contribution in [1.29, 1.82) is 0 Å². The Hall–Kier alpha value is -1.67. The van der Waals surface area contributed by atoms with Crippen molar-refractivity contribution in [2.45, 2.75) is 13.5 Å². The number of halogens is 1. The maximum absolute atomic E-state index is 11.9. The van der Waals surface area contributed by atoms with Gasteiger partial charge in [-0.3, -0.25) is 4.79 Å². The first-order valence-corrected chi connectivity index (χ1v) is 5.30. The summed E-state index contributed by atoms with van der Waals surface area (Å²) < 4.78 is 1.89. The minimum Gasteiger partial charge on any atom is -1.00 e. The predicted octanol–water partition coefficient (Wildman–Crippen LogP) is -0.831. The highest BCUT2D eigenvalue weighted by atomic mass is 35.5. The summed E-state index contributed by atoms with van der Waals surface area (Å²) in [5.41, 5.74) is 1.96. The minimum absolute atomic E-state index is 0. The minimum atomic E-state index is 0. The summed E-state index contributed by atoms with van der Waals surface area (Å²) in [6.07, 6.45) is 3.85. The second-order valence-corrected chi connectivity index (χ2v) is 3.84. The fraction of sp³-hybridized carbons (Fsp3) is 0.143. The third-order valence-electron chi connectivity index (χ3n) is 2.48. The molecule has 3 heteroatoms. The molecule has 0 atom stereocenters. The lowest BCUT2D eigenvalue weighted by Gasteiger charge is -1.97. The van der Waals surface area contributed by atoms with Crippen LogP contribution < -0.4 is 17.0 Å². The Labute approximate surface area is 107 Å². The molecule has 0 aliphatic rings. The zero-order chi connectivity index (χ0) is 11.4. The Balaban J connectivity index is 0.00000144. The summed E-state index contributed by atoms with van der Waals surface area (Å²) in [4.78, 5) is 11.9. The van der Waals surface area contributed by atoms with E-state index in [1.807, 2.05) is 66.3 Å². The molecule has 2 aromatic rings. The second kappa shape index (κ2) is 6.16. The number of hydrogen-bond acceptors (Lipinski definition) is 1. The fourth-order valence-corrected chi connectivity index (χ4v) is 1.52. The Morgan fingerprint density at radius 3 is 2.24 bits per heavy atom. The molecule has 0 fully saturated rings. The third kappa shape index (κ3) is 3.68. The lowest BCUT2D eigenvalue weighted by molar-refractivity contribution is -0.683. The molecule has 2 nitrogen and oxygen atoms in total. The molecule has 1 aromatic heterocycles. The van der Waals surface area contributed by atoms with Gasteiger partial charge in [-0.25, -0.2) is 0 Å². The lowest BCUT2D eigenvalue weighted by Crippen LogP contribution is -3.00. The van der Waals surface area contributed by atoms with Gasteiger partial charge in [0.25, 0.3) is 0 Å². The summed E-state index contributed by atoms with van der Waals surface area (Å²) in [6.45, 7) is 2.42. The molecule has 0 aliphatic carbocycles. The van der Waals surface area contributed by atoms with E-state index in [9.17, 15) is 4.79 Å². The molecule has 0 saturated carbocycles. The number of pyridine rings is 1. The van der Waals surface area contributed by atoms with E-state index >= 15 is 0 Å². The fourth-order valence-electron chi connectivity index (χ4n) is 1.52. The topological polar surface area (TPSA) is 20.9 Å². The Morgan fingerprint density at radius 1 is 1.06 bits per heavy atom. The molecule has 0 N–H and O–H groups in total. The van der Waals surface area contributed by atoms with Crippen molar-refractivity contribution in [3.05, 3.63) is 66.0 Å². The first kappa shape index (κ1) is 13.4. The molecular formula is C14H14ClNO. The molecule has 88 valence electrons. The normalized spacial score (nSPS) is 9.47. The SMILES string of the molecule is Cc1cc[n+](CC(=O)c2ccccc2)cc1.[Cl-]. The lowest BCUT2D eigenvalue weighted by atomic mass is 10.1. The molecule has 0 spiro atoms. The molecule has 0 bridgehead atoms. The number of rotatable bonds is 3. The zero-order valence-corrected chi connectivity index (χ0v) is 10.4. The number of carbonyl (C=O) groups is 1. The first-order chi connectivity index (χ1) is 7.75. The average molecular weight is 248 g/mol. The highest BCUT2D eigenvalue weighted by Crippen LogP contribution is 2.00. The Morgan fingerprint density at radius 2 is 1.65 bits per heavy atom. The summed E-state index contributed by atoms with van der Waals surface area (Å²) in [5, 5.41) is 0. The number of aryl methyl sites for hydroxylation is 1. The van der Waals surface area contributed by atoms with E-state index in [0.717, 1.165) is 5.56 Å². The van der Waals surface area contributed by atoms with Gasteiger partial charge >= 0.3 is 0 Å². The molecule has 0 radical (unpaired) electrons. The van der Waals surface area contributed by atoms with Crippen molar-refractivity contribution in [1.82, 2.24) is 0 Å². The van der Waals surface area contributed by atoms with Crippen LogP contribution in [0.3, 0.4) is 0 Å². The van der Waals surface area contributed by atoms with Crippen LogP contribution in [0.1, 0.15) is 15.9 Å². The quantitative estimate of drug-likeness (QED) is 0.512. The first-order valence-electron chi connectivity index (χ1n) is 5.30. The summed E-state index contributed by atoms with van der Waals surface area (Å²) >= 11 is 0. The van der Waals surface area contributed by atoms with Gasteiger partial charge in [0, 0.05) is 17.7 Å². The highest BCUT2D eigenvalue weighted by molar-refractivity contribution is 5.94. The van der Waals surface area contributed by atoms with Gasteiger partial charge in [-0.1, -0.05) is 30.3 Å². The molecule has 0 aliphatic heterocycles. The van der Waals surface area contributed by atoms with Gasteiger partial charge in [0.2, 0.25) is 12.3 Å². The summed E-state index contributed by atoms with van der Waals surface area (Å²) in [5.74, 6) is 0.134. The Kier molecular flexibility index (Phi) is 4.85. The number of nitrogens with zero attached hydrogens (tertiary/aromatic N) is 1. The number of ketones is 1. The smallest absolute Gasteiger partial charge is 0.227 e. The number of carbonyl (C=O) groups excluding carboxylic acids is 1. The van der Waals surface area contributed by atoms with Crippen molar-refractivity contribution < 1.29 is 21.8 Å². The summed E-state index contributed by atoms with van der Waals surface area (Å²) in [7, 11) is 0. The van der Waals surface area contributed by atoms with Crippen molar-refractivity contribution in [2.75, 3.05) is 0 Å². The van der Waals surface area contributed by atoms with E-state index in [-0.39, 0.29) is 18.2 Å². The van der Waals surface area contributed by atoms with Gasteiger partial charge in [0.05, 0.1) is 0 Å². The van der Waals surface area contributed by atoms with Gasteiger partial charge < -0.3 is 12.4 Å². The molecule has 17 heavy (non-hydrogen) atoms. The molecular weight excluding hydrogens is 234 g/mol. The monoisotopic (exact) mass is 247 g/mol. The van der Waals surface area contributed by atoms with Crippen LogP contribution in [0.15, 0.2) is 54.9 Å². The van der Waals surface area contributed by atoms with Crippen LogP contribution in [0, 0.1) is 6.92 Å². The molecule has 2 rings (SSSR count). The van der Waals surface area contributed by atoms with Crippen LogP contribution in [-0.4, -0.2) is 5.78 Å². The van der Waals surface area contributed by atoms with E-state index in [0.29, 0.717) is 6.54 Å². The van der Waals surface area contributed by atoms with Crippen LogP contribution in [0.5, 0.6) is 0 Å². The number of benzene rings is 1. The highest BCUT2D eigenvalue weighted by Gasteiger charge is 2.10. The maximum atomic E-state index is 11.9. The molecule has 1 heterocycles. The maximum Gasteiger partial charge on any atom is 0.227 e. The predicted molar refractivity (Wildman–Crippen MR) is 62.1 cm³/mol. The third-order valence-corrected chi connectivity index (χ3v) is 2.48. The van der Waals surface area contributed by atoms with E-state index in [1.165, 1.54) is 5.56 Å². The van der Waals surface area contributed by atoms with Crippen molar-refractivity contribution in [2.24, 2.45) is 0 Å². The van der Waals surface area contributed by atoms with E-state index in [4.69, 9.17) is 0 Å². The average Bonchev–Trinajstić information content (AvgIpc) is 2.33. The van der Waals surface area contributed by atoms with Gasteiger partial charge in [0.1, 0.15) is 0 Å². The zero-order valence-electron chi connectivity index (χ0n) is 9.64. The van der Waals surface area contributed by atoms with E-state index < -0.39 is 0 Å². The van der Waals surface area contributed by atoms with Gasteiger partial charge in [-0.15, -0.1) is 0 Å². The number of aromatic nitrogens is 1.